The molecule has 3 rings (SSSR count). The molecule has 0 saturated heterocycles. The van der Waals surface area contributed by atoms with E-state index in [0.29, 0.717) is 28.3 Å². The number of halogens is 1. The number of nitrogens with one attached hydrogen (secondary N) is 1. The number of hydrogen-bond acceptors (Lipinski definition) is 2. The van der Waals surface area contributed by atoms with Gasteiger partial charge < -0.3 is 0 Å². The predicted molar refractivity (Wildman–Crippen MR) is 76.3 cm³/mol. The smallest absolute Gasteiger partial charge is 0.267 e. The van der Waals surface area contributed by atoms with Gasteiger partial charge in [0.15, 0.2) is 0 Å². The zero-order chi connectivity index (χ0) is 13.2. The zero-order valence-electron chi connectivity index (χ0n) is 10.4. The Hall–Kier alpha value is -1.61. The number of carbonyl (C=O) groups excluding carboxylic acids is 1. The van der Waals surface area contributed by atoms with Gasteiger partial charge in [0, 0.05) is 22.7 Å². The number of nitrogens with zero attached hydrogens (tertiary/aromatic N) is 1. The topological polar surface area (TPSA) is 41.5 Å². The van der Waals surface area contributed by atoms with Crippen molar-refractivity contribution in [1.82, 2.24) is 5.43 Å². The minimum Gasteiger partial charge on any atom is -0.267 e. The van der Waals surface area contributed by atoms with E-state index < -0.39 is 0 Å². The van der Waals surface area contributed by atoms with Crippen molar-refractivity contribution in [3.8, 4) is 0 Å². The number of hydrazone groups is 1. The molecular weight excluding hydrogens is 260 g/mol. The first-order chi connectivity index (χ1) is 9.22. The SMILES string of the molecule is O=C(N/N=C\[C@H]1C[C@@H]2C=C[C@H]1C2)c1ccc(Cl)cc1. The van der Waals surface area contributed by atoms with Crippen LogP contribution in [0.15, 0.2) is 41.5 Å². The molecule has 0 aromatic heterocycles. The van der Waals surface area contributed by atoms with E-state index in [1.807, 2.05) is 6.21 Å². The van der Waals surface area contributed by atoms with Crippen LogP contribution in [0.5, 0.6) is 0 Å². The molecule has 4 heteroatoms. The van der Waals surface area contributed by atoms with Gasteiger partial charge in [0.05, 0.1) is 0 Å². The second kappa shape index (κ2) is 5.17. The molecular formula is C15H15ClN2O. The molecule has 19 heavy (non-hydrogen) atoms. The highest BCUT2D eigenvalue weighted by Crippen LogP contribution is 2.42. The molecule has 0 spiro atoms. The van der Waals surface area contributed by atoms with Crippen LogP contribution in [0.4, 0.5) is 0 Å². The average molecular weight is 275 g/mol. The van der Waals surface area contributed by atoms with E-state index in [4.69, 9.17) is 11.6 Å². The van der Waals surface area contributed by atoms with Gasteiger partial charge in [-0.25, -0.2) is 5.43 Å². The Morgan fingerprint density at radius 1 is 1.26 bits per heavy atom. The van der Waals surface area contributed by atoms with Gasteiger partial charge >= 0.3 is 0 Å². The van der Waals surface area contributed by atoms with E-state index in [9.17, 15) is 4.79 Å². The Labute approximate surface area is 117 Å². The Bertz CT molecular complexity index is 536. The van der Waals surface area contributed by atoms with Crippen molar-refractivity contribution in [2.75, 3.05) is 0 Å². The lowest BCUT2D eigenvalue weighted by molar-refractivity contribution is 0.0955. The van der Waals surface area contributed by atoms with E-state index in [-0.39, 0.29) is 5.91 Å². The van der Waals surface area contributed by atoms with Crippen LogP contribution in [0.1, 0.15) is 23.2 Å². The average Bonchev–Trinajstić information content (AvgIpc) is 3.02. The standard InChI is InChI=1S/C15H15ClN2O/c16-14-5-3-11(4-6-14)15(19)18-17-9-13-8-10-1-2-12(13)7-10/h1-6,9-10,12-13H,7-8H2,(H,18,19)/b17-9-/t10-,12+,13-/m1/s1. The summed E-state index contributed by atoms with van der Waals surface area (Å²) in [6, 6.07) is 6.77. The number of hydrogen-bond donors (Lipinski definition) is 1. The Kier molecular flexibility index (Phi) is 3.38. The lowest BCUT2D eigenvalue weighted by Crippen LogP contribution is -2.19. The molecule has 2 aliphatic carbocycles. The van der Waals surface area contributed by atoms with Crippen molar-refractivity contribution < 1.29 is 4.79 Å². The van der Waals surface area contributed by atoms with Gasteiger partial charge in [0.25, 0.3) is 5.91 Å². The quantitative estimate of drug-likeness (QED) is 0.513. The van der Waals surface area contributed by atoms with Crippen LogP contribution >= 0.6 is 11.6 Å². The predicted octanol–water partition coefficient (Wildman–Crippen LogP) is 3.27. The van der Waals surface area contributed by atoms with Gasteiger partial charge in [-0.2, -0.15) is 5.10 Å². The number of amides is 1. The molecule has 1 N–H and O–H groups in total. The summed E-state index contributed by atoms with van der Waals surface area (Å²) in [6.45, 7) is 0. The Morgan fingerprint density at radius 3 is 2.68 bits per heavy atom. The highest BCUT2D eigenvalue weighted by atomic mass is 35.5. The molecule has 2 bridgehead atoms. The van der Waals surface area contributed by atoms with Gasteiger partial charge in [-0.3, -0.25) is 4.79 Å². The normalized spacial score (nSPS) is 28.2. The molecule has 1 fully saturated rings. The number of carbonyl (C=O) groups is 1. The molecule has 0 heterocycles. The molecule has 0 unspecified atom stereocenters. The molecule has 1 amide bonds. The summed E-state index contributed by atoms with van der Waals surface area (Å²) in [5.74, 6) is 1.60. The maximum atomic E-state index is 11.8. The highest BCUT2D eigenvalue weighted by molar-refractivity contribution is 6.30. The fourth-order valence-electron chi connectivity index (χ4n) is 2.85. The van der Waals surface area contributed by atoms with Crippen LogP contribution in [-0.4, -0.2) is 12.1 Å². The largest absolute Gasteiger partial charge is 0.271 e. The molecule has 3 atom stereocenters. The Balaban J connectivity index is 1.56. The zero-order valence-corrected chi connectivity index (χ0v) is 11.2. The summed E-state index contributed by atoms with van der Waals surface area (Å²) in [4.78, 5) is 11.8. The second-order valence-electron chi connectivity index (χ2n) is 5.17. The van der Waals surface area contributed by atoms with Crippen molar-refractivity contribution in [2.45, 2.75) is 12.8 Å². The number of rotatable bonds is 3. The lowest BCUT2D eigenvalue weighted by Gasteiger charge is -2.11. The summed E-state index contributed by atoms with van der Waals surface area (Å²) in [5.41, 5.74) is 3.13. The van der Waals surface area contributed by atoms with Crippen LogP contribution in [-0.2, 0) is 0 Å². The maximum absolute atomic E-state index is 11.8. The van der Waals surface area contributed by atoms with Crippen LogP contribution in [0.25, 0.3) is 0 Å². The molecule has 1 saturated carbocycles. The fraction of sp³-hybridized carbons (Fsp3) is 0.333. The first kappa shape index (κ1) is 12.4. The molecule has 2 aliphatic rings. The van der Waals surface area contributed by atoms with Crippen LogP contribution in [0.3, 0.4) is 0 Å². The summed E-state index contributed by atoms with van der Waals surface area (Å²) < 4.78 is 0. The van der Waals surface area contributed by atoms with E-state index >= 15 is 0 Å². The van der Waals surface area contributed by atoms with Gasteiger partial charge in [0.2, 0.25) is 0 Å². The van der Waals surface area contributed by atoms with Crippen LogP contribution < -0.4 is 5.43 Å². The second-order valence-corrected chi connectivity index (χ2v) is 5.61. The third-order valence-corrected chi connectivity index (χ3v) is 4.12. The molecule has 1 aromatic rings. The van der Waals surface area contributed by atoms with E-state index in [1.54, 1.807) is 24.3 Å². The van der Waals surface area contributed by atoms with Crippen molar-refractivity contribution in [2.24, 2.45) is 22.9 Å². The minimum atomic E-state index is -0.202. The van der Waals surface area contributed by atoms with Crippen molar-refractivity contribution >= 4 is 23.7 Å². The lowest BCUT2D eigenvalue weighted by atomic mass is 9.95. The van der Waals surface area contributed by atoms with Crippen molar-refractivity contribution in [3.63, 3.8) is 0 Å². The van der Waals surface area contributed by atoms with Gasteiger partial charge in [-0.1, -0.05) is 23.8 Å². The first-order valence-corrected chi connectivity index (χ1v) is 6.87. The third-order valence-electron chi connectivity index (χ3n) is 3.87. The van der Waals surface area contributed by atoms with Crippen molar-refractivity contribution in [3.05, 3.63) is 47.0 Å². The van der Waals surface area contributed by atoms with E-state index in [0.717, 1.165) is 6.42 Å². The minimum absolute atomic E-state index is 0.202. The van der Waals surface area contributed by atoms with Crippen LogP contribution in [0, 0.1) is 17.8 Å². The summed E-state index contributed by atoms with van der Waals surface area (Å²) >= 11 is 5.78. The van der Waals surface area contributed by atoms with E-state index in [2.05, 4.69) is 22.7 Å². The number of fused-ring (bicyclic) bond motifs is 2. The van der Waals surface area contributed by atoms with Gasteiger partial charge in [-0.05, 0) is 48.9 Å². The summed E-state index contributed by atoms with van der Waals surface area (Å²) in [5, 5.41) is 4.70. The molecule has 98 valence electrons. The molecule has 1 aromatic carbocycles. The van der Waals surface area contributed by atoms with Gasteiger partial charge in [-0.15, -0.1) is 0 Å². The fourth-order valence-corrected chi connectivity index (χ4v) is 2.98. The first-order valence-electron chi connectivity index (χ1n) is 6.50. The van der Waals surface area contributed by atoms with Crippen molar-refractivity contribution in [1.29, 1.82) is 0 Å². The monoisotopic (exact) mass is 274 g/mol. The maximum Gasteiger partial charge on any atom is 0.271 e. The summed E-state index contributed by atoms with van der Waals surface area (Å²) in [6.07, 6.45) is 8.83. The van der Waals surface area contributed by atoms with E-state index in [1.165, 1.54) is 6.42 Å². The summed E-state index contributed by atoms with van der Waals surface area (Å²) in [7, 11) is 0. The third kappa shape index (κ3) is 2.71. The Morgan fingerprint density at radius 2 is 2.05 bits per heavy atom. The van der Waals surface area contributed by atoms with Gasteiger partial charge in [0.1, 0.15) is 0 Å². The highest BCUT2D eigenvalue weighted by Gasteiger charge is 2.34. The van der Waals surface area contributed by atoms with Crippen LogP contribution in [0.2, 0.25) is 5.02 Å². The molecule has 0 radical (unpaired) electrons. The number of benzene rings is 1. The number of allylic oxidation sites excluding steroid dienone is 2. The molecule has 3 nitrogen and oxygen atoms in total. The molecule has 0 aliphatic heterocycles.